The number of esters is 1. The van der Waals surface area contributed by atoms with Gasteiger partial charge < -0.3 is 9.47 Å². The van der Waals surface area contributed by atoms with Gasteiger partial charge in [0.05, 0.1) is 19.2 Å². The van der Waals surface area contributed by atoms with Crippen LogP contribution < -0.4 is 4.74 Å². The van der Waals surface area contributed by atoms with Gasteiger partial charge in [-0.25, -0.2) is 0 Å². The molecule has 0 heterocycles. The van der Waals surface area contributed by atoms with Crippen LogP contribution in [0.2, 0.25) is 0 Å². The molecule has 1 rings (SSSR count). The maximum Gasteiger partial charge on any atom is 0.319 e. The van der Waals surface area contributed by atoms with E-state index in [0.717, 1.165) is 0 Å². The van der Waals surface area contributed by atoms with Crippen LogP contribution in [0.4, 0.5) is 0 Å². The lowest BCUT2D eigenvalue weighted by Crippen LogP contribution is -2.39. The Balaban J connectivity index is 2.58. The van der Waals surface area contributed by atoms with E-state index < -0.39 is 0 Å². The summed E-state index contributed by atoms with van der Waals surface area (Å²) in [6.07, 6.45) is 0. The first kappa shape index (κ1) is 17.2. The van der Waals surface area contributed by atoms with Crippen molar-refractivity contribution in [3.63, 3.8) is 0 Å². The molecule has 21 heavy (non-hydrogen) atoms. The lowest BCUT2D eigenvalue weighted by atomic mass is 10.1. The standard InChI is InChI=1S/C16H23NO4/c1-12(2)17(11-16(19)20-4)9-10-21-15-8-6-5-7-14(15)13(3)18/h5-8,12H,9-11H2,1-4H3. The van der Waals surface area contributed by atoms with E-state index >= 15 is 0 Å². The molecule has 0 amide bonds. The Morgan fingerprint density at radius 2 is 1.90 bits per heavy atom. The van der Waals surface area contributed by atoms with Gasteiger partial charge in [-0.15, -0.1) is 0 Å². The highest BCUT2D eigenvalue weighted by Crippen LogP contribution is 2.18. The molecule has 1 aromatic rings. The number of rotatable bonds is 8. The maximum atomic E-state index is 11.5. The zero-order valence-corrected chi connectivity index (χ0v) is 13.1. The second kappa shape index (κ2) is 8.42. The average Bonchev–Trinajstić information content (AvgIpc) is 2.46. The Morgan fingerprint density at radius 3 is 2.48 bits per heavy atom. The van der Waals surface area contributed by atoms with Crippen LogP contribution in [0.3, 0.4) is 0 Å². The predicted molar refractivity (Wildman–Crippen MR) is 80.7 cm³/mol. The monoisotopic (exact) mass is 293 g/mol. The van der Waals surface area contributed by atoms with E-state index in [1.807, 2.05) is 24.8 Å². The van der Waals surface area contributed by atoms with Gasteiger partial charge in [-0.05, 0) is 32.9 Å². The first-order valence-electron chi connectivity index (χ1n) is 6.99. The summed E-state index contributed by atoms with van der Waals surface area (Å²) in [5, 5.41) is 0. The Labute approximate surface area is 125 Å². The van der Waals surface area contributed by atoms with Gasteiger partial charge in [0.25, 0.3) is 0 Å². The minimum absolute atomic E-state index is 0.0270. The van der Waals surface area contributed by atoms with Crippen molar-refractivity contribution < 1.29 is 19.1 Å². The molecule has 0 N–H and O–H groups in total. The minimum Gasteiger partial charge on any atom is -0.491 e. The lowest BCUT2D eigenvalue weighted by Gasteiger charge is -2.25. The smallest absolute Gasteiger partial charge is 0.319 e. The maximum absolute atomic E-state index is 11.5. The van der Waals surface area contributed by atoms with E-state index in [1.165, 1.54) is 14.0 Å². The van der Waals surface area contributed by atoms with E-state index in [-0.39, 0.29) is 24.3 Å². The molecule has 0 aliphatic rings. The van der Waals surface area contributed by atoms with Crippen molar-refractivity contribution in [1.82, 2.24) is 4.90 Å². The number of carbonyl (C=O) groups excluding carboxylic acids is 2. The summed E-state index contributed by atoms with van der Waals surface area (Å²) in [6.45, 7) is 6.74. The molecule has 0 aliphatic heterocycles. The summed E-state index contributed by atoms with van der Waals surface area (Å²) < 4.78 is 10.4. The van der Waals surface area contributed by atoms with Crippen molar-refractivity contribution in [2.24, 2.45) is 0 Å². The van der Waals surface area contributed by atoms with Gasteiger partial charge in [0.15, 0.2) is 5.78 Å². The molecule has 0 atom stereocenters. The molecular weight excluding hydrogens is 270 g/mol. The number of hydrogen-bond donors (Lipinski definition) is 0. The van der Waals surface area contributed by atoms with Crippen LogP contribution >= 0.6 is 0 Å². The van der Waals surface area contributed by atoms with E-state index in [0.29, 0.717) is 24.5 Å². The molecular formula is C16H23NO4. The second-order valence-electron chi connectivity index (χ2n) is 5.04. The van der Waals surface area contributed by atoms with Gasteiger partial charge in [-0.1, -0.05) is 12.1 Å². The molecule has 0 unspecified atom stereocenters. The lowest BCUT2D eigenvalue weighted by molar-refractivity contribution is -0.142. The highest BCUT2D eigenvalue weighted by atomic mass is 16.5. The van der Waals surface area contributed by atoms with Crippen molar-refractivity contribution in [1.29, 1.82) is 0 Å². The van der Waals surface area contributed by atoms with E-state index in [1.54, 1.807) is 18.2 Å². The van der Waals surface area contributed by atoms with Crippen molar-refractivity contribution in [2.45, 2.75) is 26.8 Å². The van der Waals surface area contributed by atoms with Gasteiger partial charge in [0.1, 0.15) is 12.4 Å². The molecule has 0 aliphatic carbocycles. The fraction of sp³-hybridized carbons (Fsp3) is 0.500. The molecule has 0 aromatic heterocycles. The molecule has 0 saturated heterocycles. The molecule has 0 saturated carbocycles. The number of Topliss-reactive ketones (excluding diaryl/α,β-unsaturated/α-hetero) is 1. The number of ketones is 1. The molecule has 0 radical (unpaired) electrons. The van der Waals surface area contributed by atoms with Crippen LogP contribution in [0, 0.1) is 0 Å². The normalized spacial score (nSPS) is 10.8. The van der Waals surface area contributed by atoms with Crippen LogP contribution in [-0.4, -0.2) is 49.5 Å². The summed E-state index contributed by atoms with van der Waals surface area (Å²) in [6, 6.07) is 7.36. The van der Waals surface area contributed by atoms with Crippen LogP contribution in [-0.2, 0) is 9.53 Å². The number of carbonyl (C=O) groups is 2. The summed E-state index contributed by atoms with van der Waals surface area (Å²) in [7, 11) is 1.38. The van der Waals surface area contributed by atoms with E-state index in [2.05, 4.69) is 4.74 Å². The van der Waals surface area contributed by atoms with Crippen molar-refractivity contribution >= 4 is 11.8 Å². The number of para-hydroxylation sites is 1. The minimum atomic E-state index is -0.271. The molecule has 116 valence electrons. The number of nitrogens with zero attached hydrogens (tertiary/aromatic N) is 1. The molecule has 1 aromatic carbocycles. The van der Waals surface area contributed by atoms with Crippen LogP contribution in [0.25, 0.3) is 0 Å². The quantitative estimate of drug-likeness (QED) is 0.543. The first-order chi connectivity index (χ1) is 9.95. The topological polar surface area (TPSA) is 55.8 Å². The zero-order chi connectivity index (χ0) is 15.8. The van der Waals surface area contributed by atoms with Gasteiger partial charge >= 0.3 is 5.97 Å². The van der Waals surface area contributed by atoms with Crippen LogP contribution in [0.5, 0.6) is 5.75 Å². The number of ether oxygens (including phenoxy) is 2. The highest BCUT2D eigenvalue weighted by molar-refractivity contribution is 5.96. The number of methoxy groups -OCH3 is 1. The molecule has 0 bridgehead atoms. The van der Waals surface area contributed by atoms with Crippen molar-refractivity contribution in [2.75, 3.05) is 26.8 Å². The van der Waals surface area contributed by atoms with Crippen LogP contribution in [0.15, 0.2) is 24.3 Å². The van der Waals surface area contributed by atoms with Gasteiger partial charge in [0.2, 0.25) is 0 Å². The fourth-order valence-electron chi connectivity index (χ4n) is 1.91. The van der Waals surface area contributed by atoms with Crippen molar-refractivity contribution in [3.05, 3.63) is 29.8 Å². The van der Waals surface area contributed by atoms with Crippen molar-refractivity contribution in [3.8, 4) is 5.75 Å². The summed E-state index contributed by atoms with van der Waals surface area (Å²) in [5.74, 6) is 0.278. The largest absolute Gasteiger partial charge is 0.491 e. The number of benzene rings is 1. The third kappa shape index (κ3) is 5.55. The Bertz CT molecular complexity index is 485. The SMILES string of the molecule is COC(=O)CN(CCOc1ccccc1C(C)=O)C(C)C. The summed E-state index contributed by atoms with van der Waals surface area (Å²) in [4.78, 5) is 24.8. The van der Waals surface area contributed by atoms with Gasteiger partial charge in [0, 0.05) is 12.6 Å². The van der Waals surface area contributed by atoms with E-state index in [9.17, 15) is 9.59 Å². The third-order valence-electron chi connectivity index (χ3n) is 3.19. The highest BCUT2D eigenvalue weighted by Gasteiger charge is 2.15. The molecule has 5 nitrogen and oxygen atoms in total. The Kier molecular flexibility index (Phi) is 6.88. The Morgan fingerprint density at radius 1 is 1.24 bits per heavy atom. The second-order valence-corrected chi connectivity index (χ2v) is 5.04. The fourth-order valence-corrected chi connectivity index (χ4v) is 1.91. The van der Waals surface area contributed by atoms with E-state index in [4.69, 9.17) is 4.74 Å². The van der Waals surface area contributed by atoms with Gasteiger partial charge in [-0.3, -0.25) is 14.5 Å². The number of hydrogen-bond acceptors (Lipinski definition) is 5. The molecule has 0 spiro atoms. The van der Waals surface area contributed by atoms with Gasteiger partial charge in [-0.2, -0.15) is 0 Å². The van der Waals surface area contributed by atoms with Crippen LogP contribution in [0.1, 0.15) is 31.1 Å². The predicted octanol–water partition coefficient (Wildman–Crippen LogP) is 2.15. The summed E-state index contributed by atoms with van der Waals surface area (Å²) >= 11 is 0. The summed E-state index contributed by atoms with van der Waals surface area (Å²) in [5.41, 5.74) is 0.571. The Hall–Kier alpha value is -1.88. The zero-order valence-electron chi connectivity index (χ0n) is 13.1. The first-order valence-corrected chi connectivity index (χ1v) is 6.99. The average molecular weight is 293 g/mol. The molecule has 0 fully saturated rings. The molecule has 5 heteroatoms. The third-order valence-corrected chi connectivity index (χ3v) is 3.19.